The fourth-order valence-corrected chi connectivity index (χ4v) is 4.15. The first-order valence-corrected chi connectivity index (χ1v) is 14.7. The number of halogens is 18. The number of ether oxygens (including phenoxy) is 2. The third-order valence-electron chi connectivity index (χ3n) is 7.21. The molecule has 0 fully saturated rings. The monoisotopic (exact) mass is 778 g/mol. The average Bonchev–Trinajstić information content (AvgIpc) is 3.01. The summed E-state index contributed by atoms with van der Waals surface area (Å²) in [5.41, 5.74) is 0.864. The van der Waals surface area contributed by atoms with Crippen molar-refractivity contribution in [2.75, 3.05) is 0 Å². The van der Waals surface area contributed by atoms with Crippen molar-refractivity contribution in [2.24, 2.45) is 0 Å². The van der Waals surface area contributed by atoms with Crippen LogP contribution in [-0.2, 0) is 11.2 Å². The van der Waals surface area contributed by atoms with Gasteiger partial charge in [-0.25, -0.2) is 14.7 Å². The van der Waals surface area contributed by atoms with E-state index < -0.39 is 60.1 Å². The molecular formula is C29H28F18N2O2. The van der Waals surface area contributed by atoms with E-state index in [1.54, 1.807) is 4.74 Å². The fourth-order valence-electron chi connectivity index (χ4n) is 4.15. The predicted octanol–water partition coefficient (Wildman–Crippen LogP) is 11.4. The van der Waals surface area contributed by atoms with Gasteiger partial charge in [0, 0.05) is 18.0 Å². The van der Waals surface area contributed by atoms with Gasteiger partial charge in [0.25, 0.3) is 0 Å². The zero-order chi connectivity index (χ0) is 39.3. The van der Waals surface area contributed by atoms with Gasteiger partial charge in [-0.05, 0) is 42.7 Å². The Labute approximate surface area is 277 Å². The van der Waals surface area contributed by atoms with Crippen LogP contribution in [-0.4, -0.2) is 64.3 Å². The van der Waals surface area contributed by atoms with Gasteiger partial charge in [-0.1, -0.05) is 51.9 Å². The molecule has 0 saturated heterocycles. The highest BCUT2D eigenvalue weighted by Crippen LogP contribution is 2.61. The Bertz CT molecular complexity index is 1380. The molecule has 51 heavy (non-hydrogen) atoms. The van der Waals surface area contributed by atoms with Crippen LogP contribution in [0.1, 0.15) is 63.9 Å². The lowest BCUT2D eigenvalue weighted by molar-refractivity contribution is -0.513. The molecule has 0 saturated carbocycles. The summed E-state index contributed by atoms with van der Waals surface area (Å²) >= 11 is 0. The molecule has 0 bridgehead atoms. The number of nitrogens with zero attached hydrogens (tertiary/aromatic N) is 2. The first-order valence-electron chi connectivity index (χ1n) is 14.7. The van der Waals surface area contributed by atoms with Gasteiger partial charge in [0.05, 0.1) is 0 Å². The molecule has 1 atom stereocenters. The van der Waals surface area contributed by atoms with Crippen molar-refractivity contribution in [1.29, 1.82) is 0 Å². The molecule has 0 aliphatic heterocycles. The molecule has 1 heterocycles. The minimum absolute atomic E-state index is 0.0156. The van der Waals surface area contributed by atoms with Gasteiger partial charge in [-0.2, -0.15) is 79.0 Å². The van der Waals surface area contributed by atoms with E-state index in [9.17, 15) is 79.0 Å². The summed E-state index contributed by atoms with van der Waals surface area (Å²) < 4.78 is 246. The molecule has 0 amide bonds. The first-order chi connectivity index (χ1) is 23.1. The van der Waals surface area contributed by atoms with Gasteiger partial charge in [0.1, 0.15) is 5.75 Å². The maximum absolute atomic E-state index is 14.2. The van der Waals surface area contributed by atoms with Crippen LogP contribution in [0.5, 0.6) is 5.75 Å². The highest BCUT2D eigenvalue weighted by Gasteiger charge is 2.92. The van der Waals surface area contributed by atoms with E-state index in [2.05, 4.69) is 21.6 Å². The van der Waals surface area contributed by atoms with Gasteiger partial charge >= 0.3 is 54.4 Å². The quantitative estimate of drug-likeness (QED) is 0.0992. The van der Waals surface area contributed by atoms with Crippen molar-refractivity contribution in [3.05, 3.63) is 42.2 Å². The van der Waals surface area contributed by atoms with Gasteiger partial charge in [-0.3, -0.25) is 0 Å². The van der Waals surface area contributed by atoms with Gasteiger partial charge in [0.15, 0.2) is 5.82 Å². The van der Waals surface area contributed by atoms with Gasteiger partial charge in [0.2, 0.25) is 0 Å². The van der Waals surface area contributed by atoms with E-state index in [-0.39, 0.29) is 11.4 Å². The van der Waals surface area contributed by atoms with Crippen LogP contribution in [0.15, 0.2) is 36.7 Å². The minimum Gasteiger partial charge on any atom is -0.454 e. The molecule has 2 aromatic rings. The van der Waals surface area contributed by atoms with Crippen LogP contribution < -0.4 is 4.74 Å². The Morgan fingerprint density at radius 3 is 1.49 bits per heavy atom. The normalized spacial score (nSPS) is 14.9. The van der Waals surface area contributed by atoms with E-state index in [1.807, 2.05) is 0 Å². The van der Waals surface area contributed by atoms with Gasteiger partial charge in [-0.15, -0.1) is 0 Å². The molecule has 2 rings (SSSR count). The summed E-state index contributed by atoms with van der Waals surface area (Å²) in [5.74, 6) is -41.8. The van der Waals surface area contributed by atoms with E-state index >= 15 is 0 Å². The lowest BCUT2D eigenvalue weighted by Crippen LogP contribution is -2.71. The first kappa shape index (κ1) is 44.0. The Hall–Kier alpha value is -3.20. The lowest BCUT2D eigenvalue weighted by atomic mass is 9.97. The molecule has 0 aliphatic rings. The third-order valence-corrected chi connectivity index (χ3v) is 7.21. The SMILES string of the molecule is CCCCCCCCCCc1cnc(-c2ccc(OC(F)C(F)(F)C(F)(F)OC(F)(F)C(F)(F)C(F)(F)C(F)(F)C(F)(F)C(F)(F)F)cc2)nc1. The summed E-state index contributed by atoms with van der Waals surface area (Å²) in [6.07, 6.45) is -16.0. The molecular weight excluding hydrogens is 750 g/mol. The smallest absolute Gasteiger partial charge is 0.454 e. The van der Waals surface area contributed by atoms with Crippen molar-refractivity contribution in [2.45, 2.75) is 119 Å². The molecule has 292 valence electrons. The van der Waals surface area contributed by atoms with Crippen molar-refractivity contribution in [1.82, 2.24) is 9.97 Å². The van der Waals surface area contributed by atoms with Crippen LogP contribution in [0.25, 0.3) is 11.4 Å². The van der Waals surface area contributed by atoms with Gasteiger partial charge < -0.3 is 4.74 Å². The summed E-state index contributed by atoms with van der Waals surface area (Å²) in [5, 5.41) is 0. The zero-order valence-electron chi connectivity index (χ0n) is 25.9. The Kier molecular flexibility index (Phi) is 13.6. The highest BCUT2D eigenvalue weighted by molar-refractivity contribution is 5.55. The second kappa shape index (κ2) is 15.8. The lowest BCUT2D eigenvalue weighted by Gasteiger charge is -2.40. The van der Waals surface area contributed by atoms with Crippen molar-refractivity contribution < 1.29 is 88.5 Å². The largest absolute Gasteiger partial charge is 0.460 e. The number of aryl methyl sites for hydroxylation is 1. The number of benzene rings is 1. The van der Waals surface area contributed by atoms with Crippen molar-refractivity contribution in [3.63, 3.8) is 0 Å². The zero-order valence-corrected chi connectivity index (χ0v) is 25.9. The molecule has 0 radical (unpaired) electrons. The van der Waals surface area contributed by atoms with Crippen LogP contribution in [0.3, 0.4) is 0 Å². The number of rotatable bonds is 20. The predicted molar refractivity (Wildman–Crippen MR) is 141 cm³/mol. The molecule has 0 spiro atoms. The van der Waals surface area contributed by atoms with E-state index in [0.29, 0.717) is 18.6 Å². The summed E-state index contributed by atoms with van der Waals surface area (Å²) in [6.45, 7) is 2.11. The van der Waals surface area contributed by atoms with Crippen LogP contribution in [0.2, 0.25) is 0 Å². The topological polar surface area (TPSA) is 44.2 Å². The minimum atomic E-state index is -8.63. The summed E-state index contributed by atoms with van der Waals surface area (Å²) in [4.78, 5) is 8.16. The molecule has 4 nitrogen and oxygen atoms in total. The Balaban J connectivity index is 2.11. The van der Waals surface area contributed by atoms with Crippen LogP contribution in [0.4, 0.5) is 79.0 Å². The number of hydrogen-bond acceptors (Lipinski definition) is 4. The molecule has 1 aromatic carbocycles. The standard InChI is InChI=1S/C29H28F18N2O2/c1-2-3-4-5-6-7-8-9-10-17-15-48-20(49-16-17)18-11-13-19(14-12-18)50-21(30)22(31,32)28(44,45)51-29(46,47)26(39,40)24(35,36)23(33,34)25(37,38)27(41,42)43/h11-16,21H,2-10H2,1H3. The van der Waals surface area contributed by atoms with E-state index in [0.717, 1.165) is 56.2 Å². The summed E-state index contributed by atoms with van der Waals surface area (Å²) in [7, 11) is 0. The molecule has 22 heteroatoms. The fraction of sp³-hybridized carbons (Fsp3) is 0.655. The summed E-state index contributed by atoms with van der Waals surface area (Å²) in [6, 6.07) is 3.13. The van der Waals surface area contributed by atoms with Crippen LogP contribution >= 0.6 is 0 Å². The maximum Gasteiger partial charge on any atom is 0.460 e. The number of alkyl halides is 18. The Morgan fingerprint density at radius 2 is 1.02 bits per heavy atom. The van der Waals surface area contributed by atoms with Crippen molar-refractivity contribution in [3.8, 4) is 17.1 Å². The van der Waals surface area contributed by atoms with E-state index in [4.69, 9.17) is 0 Å². The Morgan fingerprint density at radius 1 is 0.569 bits per heavy atom. The average molecular weight is 779 g/mol. The second-order valence-electron chi connectivity index (χ2n) is 11.2. The molecule has 1 unspecified atom stereocenters. The molecule has 1 aromatic heterocycles. The van der Waals surface area contributed by atoms with E-state index in [1.165, 1.54) is 25.2 Å². The second-order valence-corrected chi connectivity index (χ2v) is 11.2. The number of unbranched alkanes of at least 4 members (excludes halogenated alkanes) is 7. The molecule has 0 aliphatic carbocycles. The molecule has 0 N–H and O–H groups in total. The number of hydrogen-bond donors (Lipinski definition) is 0. The maximum atomic E-state index is 14.2. The van der Waals surface area contributed by atoms with Crippen molar-refractivity contribution >= 4 is 0 Å². The van der Waals surface area contributed by atoms with Crippen LogP contribution in [0, 0.1) is 0 Å². The highest BCUT2D eigenvalue weighted by atomic mass is 19.4. The number of aromatic nitrogens is 2. The third kappa shape index (κ3) is 9.24.